The monoisotopic (exact) mass is 233 g/mol. The van der Waals surface area contributed by atoms with E-state index in [4.69, 9.17) is 0 Å². The minimum absolute atomic E-state index is 0.0393. The fraction of sp³-hybridized carbons (Fsp3) is 0.222. The van der Waals surface area contributed by atoms with Crippen LogP contribution >= 0.6 is 15.9 Å². The van der Waals surface area contributed by atoms with E-state index in [9.17, 15) is 8.78 Å². The van der Waals surface area contributed by atoms with E-state index in [0.29, 0.717) is 10.9 Å². The van der Waals surface area contributed by atoms with E-state index in [0.717, 1.165) is 5.56 Å². The van der Waals surface area contributed by atoms with E-state index in [1.165, 1.54) is 6.07 Å². The molecule has 0 heterocycles. The van der Waals surface area contributed by atoms with Crippen molar-refractivity contribution in [2.45, 2.75) is 12.3 Å². The zero-order valence-corrected chi connectivity index (χ0v) is 8.16. The van der Waals surface area contributed by atoms with E-state index in [2.05, 4.69) is 15.9 Å². The summed E-state index contributed by atoms with van der Waals surface area (Å²) in [4.78, 5) is 0. The molecule has 0 saturated heterocycles. The molecule has 0 N–H and O–H groups in total. The van der Waals surface area contributed by atoms with Crippen molar-refractivity contribution in [1.82, 2.24) is 0 Å². The molecule has 0 aromatic heterocycles. The number of halogens is 3. The standard InChI is InChI=1S/C9H8BrF2/c1-6-2-3-8(9(11)12)7(4-6)5-10/h2-4H,5H2,1H3. The van der Waals surface area contributed by atoms with Crippen LogP contribution in [0.25, 0.3) is 0 Å². The Bertz CT molecular complexity index is 271. The number of rotatable bonds is 2. The number of benzene rings is 1. The molecule has 0 aliphatic carbocycles. The molecule has 0 unspecified atom stereocenters. The van der Waals surface area contributed by atoms with Gasteiger partial charge in [-0.2, -0.15) is 8.78 Å². The van der Waals surface area contributed by atoms with Gasteiger partial charge < -0.3 is 0 Å². The maximum Gasteiger partial charge on any atom is 0.340 e. The van der Waals surface area contributed by atoms with Gasteiger partial charge in [0.25, 0.3) is 0 Å². The molecule has 0 bridgehead atoms. The van der Waals surface area contributed by atoms with E-state index >= 15 is 0 Å². The highest BCUT2D eigenvalue weighted by molar-refractivity contribution is 9.08. The van der Waals surface area contributed by atoms with E-state index in [-0.39, 0.29) is 5.56 Å². The van der Waals surface area contributed by atoms with E-state index < -0.39 is 6.43 Å². The normalized spacial score (nSPS) is 10.8. The Morgan fingerprint density at radius 2 is 2.08 bits per heavy atom. The molecule has 65 valence electrons. The van der Waals surface area contributed by atoms with Gasteiger partial charge in [-0.05, 0) is 12.5 Å². The molecule has 12 heavy (non-hydrogen) atoms. The summed E-state index contributed by atoms with van der Waals surface area (Å²) in [6.45, 7) is 1.88. The molecule has 1 aromatic rings. The van der Waals surface area contributed by atoms with E-state index in [1.807, 2.05) is 6.92 Å². The van der Waals surface area contributed by atoms with Crippen molar-refractivity contribution in [3.8, 4) is 0 Å². The van der Waals surface area contributed by atoms with Crippen LogP contribution in [-0.4, -0.2) is 0 Å². The molecule has 0 atom stereocenters. The van der Waals surface area contributed by atoms with Crippen LogP contribution in [0.5, 0.6) is 0 Å². The molecule has 0 aliphatic rings. The first-order valence-electron chi connectivity index (χ1n) is 3.49. The van der Waals surface area contributed by atoms with Crippen molar-refractivity contribution < 1.29 is 8.78 Å². The maximum atomic E-state index is 12.2. The summed E-state index contributed by atoms with van der Waals surface area (Å²) in [6, 6.07) is 4.88. The third-order valence-electron chi connectivity index (χ3n) is 1.61. The largest absolute Gasteiger partial charge is 0.340 e. The Balaban J connectivity index is 3.11. The van der Waals surface area contributed by atoms with E-state index in [1.54, 1.807) is 12.1 Å². The third kappa shape index (κ3) is 2.03. The Morgan fingerprint density at radius 3 is 2.58 bits per heavy atom. The molecule has 1 aromatic carbocycles. The molecule has 1 rings (SSSR count). The minimum Gasteiger partial charge on any atom is -0.194 e. The van der Waals surface area contributed by atoms with Gasteiger partial charge in [-0.3, -0.25) is 0 Å². The molecule has 0 nitrogen and oxygen atoms in total. The first-order chi connectivity index (χ1) is 5.65. The molecule has 0 aliphatic heterocycles. The second-order valence-corrected chi connectivity index (χ2v) is 3.12. The van der Waals surface area contributed by atoms with Crippen molar-refractivity contribution in [2.75, 3.05) is 0 Å². The fourth-order valence-corrected chi connectivity index (χ4v) is 1.48. The van der Waals surface area contributed by atoms with Gasteiger partial charge in [0.15, 0.2) is 0 Å². The second kappa shape index (κ2) is 3.99. The lowest BCUT2D eigenvalue weighted by Crippen LogP contribution is -1.92. The van der Waals surface area contributed by atoms with Crippen LogP contribution in [0.4, 0.5) is 8.78 Å². The average molecular weight is 234 g/mol. The van der Waals surface area contributed by atoms with Gasteiger partial charge in [-0.15, -0.1) is 0 Å². The quantitative estimate of drug-likeness (QED) is 0.685. The maximum absolute atomic E-state index is 12.2. The molecule has 0 spiro atoms. The van der Waals surface area contributed by atoms with Crippen LogP contribution in [0, 0.1) is 13.3 Å². The Kier molecular flexibility index (Phi) is 3.20. The SMILES string of the molecule is Cc1ccc([C](F)F)c(CBr)c1. The van der Waals surface area contributed by atoms with Crippen molar-refractivity contribution in [3.05, 3.63) is 41.3 Å². The van der Waals surface area contributed by atoms with Crippen molar-refractivity contribution in [3.63, 3.8) is 0 Å². The zero-order valence-electron chi connectivity index (χ0n) is 6.57. The van der Waals surface area contributed by atoms with Gasteiger partial charge in [0, 0.05) is 10.9 Å². The van der Waals surface area contributed by atoms with Crippen molar-refractivity contribution in [1.29, 1.82) is 0 Å². The predicted molar refractivity (Wildman–Crippen MR) is 48.4 cm³/mol. The summed E-state index contributed by atoms with van der Waals surface area (Å²) >= 11 is 3.16. The summed E-state index contributed by atoms with van der Waals surface area (Å²) in [5.74, 6) is 0. The Hall–Kier alpha value is -0.440. The topological polar surface area (TPSA) is 0 Å². The van der Waals surface area contributed by atoms with Crippen molar-refractivity contribution in [2.24, 2.45) is 0 Å². The minimum atomic E-state index is -1.62. The second-order valence-electron chi connectivity index (χ2n) is 2.55. The summed E-state index contributed by atoms with van der Waals surface area (Å²) < 4.78 is 24.5. The Morgan fingerprint density at radius 1 is 1.42 bits per heavy atom. The summed E-state index contributed by atoms with van der Waals surface area (Å²) in [7, 11) is 0. The molecule has 0 saturated carbocycles. The van der Waals surface area contributed by atoms with Crippen LogP contribution in [0.2, 0.25) is 0 Å². The fourth-order valence-electron chi connectivity index (χ4n) is 1.02. The summed E-state index contributed by atoms with van der Waals surface area (Å²) in [6.07, 6.45) is -1.62. The van der Waals surface area contributed by atoms with Crippen LogP contribution in [0.3, 0.4) is 0 Å². The molecule has 0 fully saturated rings. The van der Waals surface area contributed by atoms with Gasteiger partial charge in [-0.25, -0.2) is 0 Å². The number of aryl methyl sites for hydroxylation is 1. The molecule has 3 heteroatoms. The highest BCUT2D eigenvalue weighted by atomic mass is 79.9. The van der Waals surface area contributed by atoms with Gasteiger partial charge >= 0.3 is 6.43 Å². The lowest BCUT2D eigenvalue weighted by molar-refractivity contribution is 0.324. The summed E-state index contributed by atoms with van der Waals surface area (Å²) in [5, 5.41) is 0.460. The Labute approximate surface area is 78.7 Å². The molecular weight excluding hydrogens is 226 g/mol. The van der Waals surface area contributed by atoms with Crippen molar-refractivity contribution >= 4 is 15.9 Å². The van der Waals surface area contributed by atoms with Crippen LogP contribution in [0.1, 0.15) is 16.7 Å². The van der Waals surface area contributed by atoms with Crippen LogP contribution < -0.4 is 0 Å². The smallest absolute Gasteiger partial charge is 0.194 e. The van der Waals surface area contributed by atoms with Gasteiger partial charge in [-0.1, -0.05) is 39.7 Å². The molecule has 1 radical (unpaired) electrons. The van der Waals surface area contributed by atoms with Gasteiger partial charge in [0.2, 0.25) is 0 Å². The average Bonchev–Trinajstić information content (AvgIpc) is 2.03. The predicted octanol–water partition coefficient (Wildman–Crippen LogP) is 3.67. The highest BCUT2D eigenvalue weighted by Gasteiger charge is 2.13. The first-order valence-corrected chi connectivity index (χ1v) is 4.61. The lowest BCUT2D eigenvalue weighted by Gasteiger charge is -2.05. The number of alkyl halides is 1. The third-order valence-corrected chi connectivity index (χ3v) is 2.21. The van der Waals surface area contributed by atoms with Gasteiger partial charge in [0.05, 0.1) is 0 Å². The number of hydrogen-bond donors (Lipinski definition) is 0. The van der Waals surface area contributed by atoms with Crippen LogP contribution in [-0.2, 0) is 5.33 Å². The molecule has 0 amide bonds. The first kappa shape index (κ1) is 9.65. The highest BCUT2D eigenvalue weighted by Crippen LogP contribution is 2.24. The number of hydrogen-bond acceptors (Lipinski definition) is 0. The van der Waals surface area contributed by atoms with Gasteiger partial charge in [0.1, 0.15) is 0 Å². The van der Waals surface area contributed by atoms with Crippen LogP contribution in [0.15, 0.2) is 18.2 Å². The lowest BCUT2D eigenvalue weighted by atomic mass is 10.1. The molecular formula is C9H8BrF2. The summed E-state index contributed by atoms with van der Waals surface area (Å²) in [5.41, 5.74) is 1.67. The zero-order chi connectivity index (χ0) is 9.14.